The monoisotopic (exact) mass is 619 g/mol. The van der Waals surface area contributed by atoms with Crippen LogP contribution in [0.4, 0.5) is 0 Å². The van der Waals surface area contributed by atoms with Crippen molar-refractivity contribution in [2.75, 3.05) is 40.9 Å². The van der Waals surface area contributed by atoms with Gasteiger partial charge in [0.1, 0.15) is 13.2 Å². The molecule has 0 aromatic heterocycles. The molecule has 0 aromatic carbocycles. The lowest BCUT2D eigenvalue weighted by molar-refractivity contribution is -0.870. The average Bonchev–Trinajstić information content (AvgIpc) is 2.91. The van der Waals surface area contributed by atoms with E-state index in [2.05, 4.69) is 12.2 Å². The van der Waals surface area contributed by atoms with E-state index in [1.807, 2.05) is 34.1 Å². The molecule has 0 saturated heterocycles. The molecule has 0 aliphatic carbocycles. The first-order valence-electron chi connectivity index (χ1n) is 17.1. The Morgan fingerprint density at radius 1 is 0.786 bits per heavy atom. The Morgan fingerprint density at radius 2 is 1.26 bits per heavy atom. The van der Waals surface area contributed by atoms with Crippen molar-refractivity contribution in [3.63, 3.8) is 0 Å². The third-order valence-electron chi connectivity index (χ3n) is 7.48. The number of likely N-dealkylation sites (N-methyl/N-ethyl adjacent to an activating group) is 1. The SMILES string of the molecule is CCCCCCCCCCCCCCCCCCC/C=C/C(O)C(COP(=O)(O)OCC[N+](C)(C)C)NC(=O)CCC. The van der Waals surface area contributed by atoms with Crippen LogP contribution in [0.1, 0.15) is 142 Å². The number of quaternary nitrogens is 1. The summed E-state index contributed by atoms with van der Waals surface area (Å²) in [6, 6.07) is -0.835. The Balaban J connectivity index is 4.07. The zero-order valence-electron chi connectivity index (χ0n) is 28.0. The highest BCUT2D eigenvalue weighted by atomic mass is 31.2. The number of hydrogen-bond acceptors (Lipinski definition) is 5. The van der Waals surface area contributed by atoms with Crippen LogP contribution in [0.5, 0.6) is 0 Å². The first-order valence-corrected chi connectivity index (χ1v) is 18.6. The van der Waals surface area contributed by atoms with E-state index < -0.39 is 20.0 Å². The van der Waals surface area contributed by atoms with Crippen molar-refractivity contribution >= 4 is 13.7 Å². The molecule has 0 aliphatic rings. The van der Waals surface area contributed by atoms with E-state index in [1.165, 1.54) is 96.3 Å². The first kappa shape index (κ1) is 41.2. The summed E-state index contributed by atoms with van der Waals surface area (Å²) < 4.78 is 23.0. The van der Waals surface area contributed by atoms with Crippen molar-refractivity contribution in [3.8, 4) is 0 Å². The minimum absolute atomic E-state index is 0.0615. The quantitative estimate of drug-likeness (QED) is 0.0325. The van der Waals surface area contributed by atoms with E-state index >= 15 is 0 Å². The maximum Gasteiger partial charge on any atom is 0.472 e. The van der Waals surface area contributed by atoms with Gasteiger partial charge in [-0.1, -0.05) is 129 Å². The number of allylic oxidation sites excluding steroid dienone is 1. The summed E-state index contributed by atoms with van der Waals surface area (Å²) in [7, 11) is 1.57. The Bertz CT molecular complexity index is 713. The van der Waals surface area contributed by atoms with Crippen LogP contribution >= 0.6 is 7.82 Å². The first-order chi connectivity index (χ1) is 20.0. The summed E-state index contributed by atoms with van der Waals surface area (Å²) in [6.45, 7) is 4.44. The zero-order chi connectivity index (χ0) is 31.5. The number of nitrogens with zero attached hydrogens (tertiary/aromatic N) is 1. The molecule has 0 saturated carbocycles. The van der Waals surface area contributed by atoms with Gasteiger partial charge in [-0.15, -0.1) is 0 Å². The fraction of sp³-hybridized carbons (Fsp3) is 0.909. The van der Waals surface area contributed by atoms with Crippen LogP contribution in [-0.4, -0.2) is 73.4 Å². The molecule has 3 unspecified atom stereocenters. The molecule has 250 valence electrons. The molecule has 0 radical (unpaired) electrons. The molecule has 0 fully saturated rings. The van der Waals surface area contributed by atoms with Gasteiger partial charge in [-0.3, -0.25) is 13.8 Å². The third-order valence-corrected chi connectivity index (χ3v) is 8.46. The van der Waals surface area contributed by atoms with E-state index in [0.29, 0.717) is 23.9 Å². The van der Waals surface area contributed by atoms with Gasteiger partial charge in [-0.25, -0.2) is 4.57 Å². The molecule has 0 aliphatic heterocycles. The number of aliphatic hydroxyl groups is 1. The molecule has 8 nitrogen and oxygen atoms in total. The van der Waals surface area contributed by atoms with Crippen molar-refractivity contribution in [3.05, 3.63) is 12.2 Å². The van der Waals surface area contributed by atoms with Gasteiger partial charge >= 0.3 is 7.82 Å². The third kappa shape index (κ3) is 28.0. The van der Waals surface area contributed by atoms with Gasteiger partial charge in [0.15, 0.2) is 0 Å². The van der Waals surface area contributed by atoms with Gasteiger partial charge in [-0.05, 0) is 19.3 Å². The predicted octanol–water partition coefficient (Wildman–Crippen LogP) is 8.07. The van der Waals surface area contributed by atoms with E-state index in [4.69, 9.17) is 9.05 Å². The second kappa shape index (κ2) is 26.6. The molecule has 3 atom stereocenters. The summed E-state index contributed by atoms with van der Waals surface area (Å²) in [5.74, 6) is -0.231. The highest BCUT2D eigenvalue weighted by molar-refractivity contribution is 7.47. The molecule has 0 heterocycles. The van der Waals surface area contributed by atoms with Crippen LogP contribution in [-0.2, 0) is 18.4 Å². The summed E-state index contributed by atoms with van der Waals surface area (Å²) in [5, 5.41) is 13.4. The number of phosphoric ester groups is 1. The maximum absolute atomic E-state index is 12.3. The molecule has 1 amide bonds. The fourth-order valence-electron chi connectivity index (χ4n) is 4.73. The topological polar surface area (TPSA) is 105 Å². The van der Waals surface area contributed by atoms with Crippen LogP contribution < -0.4 is 5.32 Å². The van der Waals surface area contributed by atoms with E-state index in [9.17, 15) is 19.4 Å². The minimum atomic E-state index is -4.29. The summed E-state index contributed by atoms with van der Waals surface area (Å²) in [5.41, 5.74) is 0. The molecule has 3 N–H and O–H groups in total. The number of aliphatic hydroxyl groups excluding tert-OH is 1. The number of nitrogens with one attached hydrogen (secondary N) is 1. The predicted molar refractivity (Wildman–Crippen MR) is 175 cm³/mol. The summed E-state index contributed by atoms with van der Waals surface area (Å²) >= 11 is 0. The number of carbonyl (C=O) groups excluding carboxylic acids is 1. The molecule has 0 bridgehead atoms. The maximum atomic E-state index is 12.3. The number of phosphoric acid groups is 1. The number of unbranched alkanes of at least 4 members (excludes halogenated alkanes) is 17. The normalized spacial score (nSPS) is 15.1. The van der Waals surface area contributed by atoms with Crippen LogP contribution in [0.15, 0.2) is 12.2 Å². The van der Waals surface area contributed by atoms with Crippen molar-refractivity contribution in [1.29, 1.82) is 0 Å². The van der Waals surface area contributed by atoms with Gasteiger partial charge in [0.25, 0.3) is 0 Å². The molecule has 0 rings (SSSR count). The van der Waals surface area contributed by atoms with Gasteiger partial charge < -0.3 is 19.8 Å². The Hall–Kier alpha value is -0.760. The van der Waals surface area contributed by atoms with Gasteiger partial charge in [0.05, 0.1) is 39.9 Å². The Kier molecular flexibility index (Phi) is 26.1. The van der Waals surface area contributed by atoms with E-state index in [0.717, 1.165) is 19.3 Å². The largest absolute Gasteiger partial charge is 0.472 e. The lowest BCUT2D eigenvalue weighted by Gasteiger charge is -2.25. The van der Waals surface area contributed by atoms with Crippen LogP contribution in [0, 0.1) is 0 Å². The minimum Gasteiger partial charge on any atom is -0.387 e. The Labute approximate surface area is 259 Å². The number of amides is 1. The summed E-state index contributed by atoms with van der Waals surface area (Å²) in [6.07, 6.45) is 27.1. The number of rotatable bonds is 30. The van der Waals surface area contributed by atoms with E-state index in [1.54, 1.807) is 6.08 Å². The average molecular weight is 620 g/mol. The van der Waals surface area contributed by atoms with Gasteiger partial charge in [-0.2, -0.15) is 0 Å². The summed E-state index contributed by atoms with van der Waals surface area (Å²) in [4.78, 5) is 22.2. The number of carbonyl (C=O) groups is 1. The van der Waals surface area contributed by atoms with Crippen LogP contribution in [0.25, 0.3) is 0 Å². The second-order valence-corrected chi connectivity index (χ2v) is 14.4. The van der Waals surface area contributed by atoms with Crippen LogP contribution in [0.3, 0.4) is 0 Å². The zero-order valence-corrected chi connectivity index (χ0v) is 28.9. The highest BCUT2D eigenvalue weighted by Gasteiger charge is 2.27. The molecule has 42 heavy (non-hydrogen) atoms. The second-order valence-electron chi connectivity index (χ2n) is 12.9. The van der Waals surface area contributed by atoms with Crippen molar-refractivity contribution in [2.45, 2.75) is 154 Å². The fourth-order valence-corrected chi connectivity index (χ4v) is 5.47. The number of hydrogen-bond donors (Lipinski definition) is 3. The molecule has 0 spiro atoms. The van der Waals surface area contributed by atoms with Crippen molar-refractivity contribution in [2.24, 2.45) is 0 Å². The smallest absolute Gasteiger partial charge is 0.387 e. The van der Waals surface area contributed by atoms with Crippen molar-refractivity contribution in [1.82, 2.24) is 5.32 Å². The Morgan fingerprint density at radius 3 is 1.71 bits per heavy atom. The highest BCUT2D eigenvalue weighted by Crippen LogP contribution is 2.43. The molecule has 0 aromatic rings. The van der Waals surface area contributed by atoms with Gasteiger partial charge in [0, 0.05) is 6.42 Å². The molecule has 9 heteroatoms. The standard InChI is InChI=1S/C33H67N2O6P/c1-6-8-9-10-11-12-13-14-15-16-17-18-19-20-21-22-23-24-25-27-32(36)31(34-33(37)26-7-2)30-41-42(38,39)40-29-28-35(3,4)5/h25,27,31-32,36H,6-24,26,28-30H2,1-5H3,(H-,34,37,38,39)/p+1/b27-25+. The molecular formula is C33H68N2O6P+. The van der Waals surface area contributed by atoms with Crippen molar-refractivity contribution < 1.29 is 32.9 Å². The lowest BCUT2D eigenvalue weighted by atomic mass is 10.0. The van der Waals surface area contributed by atoms with E-state index in [-0.39, 0.29) is 19.1 Å². The lowest BCUT2D eigenvalue weighted by Crippen LogP contribution is -2.45. The molecular weight excluding hydrogens is 551 g/mol. The van der Waals surface area contributed by atoms with Gasteiger partial charge in [0.2, 0.25) is 5.91 Å². The van der Waals surface area contributed by atoms with Crippen LogP contribution in [0.2, 0.25) is 0 Å².